The van der Waals surface area contributed by atoms with Crippen LogP contribution >= 0.6 is 0 Å². The van der Waals surface area contributed by atoms with Crippen LogP contribution in [0.1, 0.15) is 48.5 Å². The molecule has 1 aromatic rings. The van der Waals surface area contributed by atoms with Crippen molar-refractivity contribution in [1.29, 1.82) is 0 Å². The van der Waals surface area contributed by atoms with Crippen molar-refractivity contribution in [1.82, 2.24) is 10.3 Å². The van der Waals surface area contributed by atoms with Crippen molar-refractivity contribution in [3.8, 4) is 0 Å². The van der Waals surface area contributed by atoms with Crippen LogP contribution in [0.2, 0.25) is 0 Å². The van der Waals surface area contributed by atoms with Crippen molar-refractivity contribution in [2.75, 3.05) is 0 Å². The monoisotopic (exact) mass is 274 g/mol. The molecule has 1 heterocycles. The number of carbonyl (C=O) groups is 2. The molecule has 5 nitrogen and oxygen atoms in total. The number of carboxylic acid groups (broad SMARTS) is 1. The standard InChI is InChI=1S/C15H18N2O3/c1-2-15(7-3-8-15)17-14(20)12-6-9-16-10-11(12)4-5-13(18)19/h4-6,9-10H,2-3,7-8H2,1H3,(H,17,20)(H,18,19)/b5-4+. The average Bonchev–Trinajstić information content (AvgIpc) is 2.40. The Bertz CT molecular complexity index is 542. The first kappa shape index (κ1) is 14.2. The maximum Gasteiger partial charge on any atom is 0.328 e. The van der Waals surface area contributed by atoms with Gasteiger partial charge in [-0.25, -0.2) is 4.79 Å². The number of nitrogens with zero attached hydrogens (tertiary/aromatic N) is 1. The van der Waals surface area contributed by atoms with Crippen LogP contribution in [0.4, 0.5) is 0 Å². The maximum atomic E-state index is 12.4. The van der Waals surface area contributed by atoms with Crippen LogP contribution in [0, 0.1) is 0 Å². The number of rotatable bonds is 5. The summed E-state index contributed by atoms with van der Waals surface area (Å²) in [6.45, 7) is 2.07. The van der Waals surface area contributed by atoms with Gasteiger partial charge in [-0.2, -0.15) is 0 Å². The fourth-order valence-electron chi connectivity index (χ4n) is 2.39. The third-order valence-corrected chi connectivity index (χ3v) is 3.87. The molecule has 1 amide bonds. The molecule has 5 heteroatoms. The maximum absolute atomic E-state index is 12.4. The van der Waals surface area contributed by atoms with Crippen molar-refractivity contribution in [3.63, 3.8) is 0 Å². The van der Waals surface area contributed by atoms with Crippen molar-refractivity contribution >= 4 is 18.0 Å². The van der Waals surface area contributed by atoms with Crippen LogP contribution < -0.4 is 5.32 Å². The lowest BCUT2D eigenvalue weighted by atomic mass is 9.74. The number of hydrogen-bond acceptors (Lipinski definition) is 3. The Hall–Kier alpha value is -2.17. The van der Waals surface area contributed by atoms with E-state index in [2.05, 4.69) is 17.2 Å². The third kappa shape index (κ3) is 3.04. The predicted molar refractivity (Wildman–Crippen MR) is 75.2 cm³/mol. The van der Waals surface area contributed by atoms with Gasteiger partial charge in [-0.05, 0) is 37.8 Å². The smallest absolute Gasteiger partial charge is 0.328 e. The summed E-state index contributed by atoms with van der Waals surface area (Å²) < 4.78 is 0. The van der Waals surface area contributed by atoms with Gasteiger partial charge in [-0.1, -0.05) is 6.92 Å². The topological polar surface area (TPSA) is 79.3 Å². The highest BCUT2D eigenvalue weighted by Crippen LogP contribution is 2.34. The molecule has 0 aromatic carbocycles. The number of carbonyl (C=O) groups excluding carboxylic acids is 1. The van der Waals surface area contributed by atoms with E-state index in [1.165, 1.54) is 18.5 Å². The van der Waals surface area contributed by atoms with E-state index in [0.717, 1.165) is 31.8 Å². The number of carboxylic acids is 1. The number of pyridine rings is 1. The zero-order chi connectivity index (χ0) is 14.6. The molecular weight excluding hydrogens is 256 g/mol. The van der Waals surface area contributed by atoms with E-state index < -0.39 is 5.97 Å². The molecule has 1 aromatic heterocycles. The van der Waals surface area contributed by atoms with E-state index in [4.69, 9.17) is 5.11 Å². The zero-order valence-electron chi connectivity index (χ0n) is 11.4. The summed E-state index contributed by atoms with van der Waals surface area (Å²) in [6, 6.07) is 1.61. The first-order valence-electron chi connectivity index (χ1n) is 6.74. The van der Waals surface area contributed by atoms with Gasteiger partial charge in [0.05, 0.1) is 0 Å². The SMILES string of the molecule is CCC1(NC(=O)c2ccncc2/C=C/C(=O)O)CCC1. The summed E-state index contributed by atoms with van der Waals surface area (Å²) >= 11 is 0. The number of amides is 1. The van der Waals surface area contributed by atoms with Crippen molar-refractivity contribution < 1.29 is 14.7 Å². The summed E-state index contributed by atoms with van der Waals surface area (Å²) in [7, 11) is 0. The van der Waals surface area contributed by atoms with E-state index in [9.17, 15) is 9.59 Å². The number of aromatic nitrogens is 1. The highest BCUT2D eigenvalue weighted by molar-refractivity contribution is 5.99. The van der Waals surface area contributed by atoms with Gasteiger partial charge in [-0.15, -0.1) is 0 Å². The third-order valence-electron chi connectivity index (χ3n) is 3.87. The van der Waals surface area contributed by atoms with Crippen LogP contribution in [0.25, 0.3) is 6.08 Å². The Balaban J connectivity index is 2.19. The van der Waals surface area contributed by atoms with Gasteiger partial charge in [0.25, 0.3) is 5.91 Å². The molecule has 2 rings (SSSR count). The second-order valence-corrected chi connectivity index (χ2v) is 5.08. The lowest BCUT2D eigenvalue weighted by Crippen LogP contribution is -2.53. The Morgan fingerprint density at radius 2 is 2.25 bits per heavy atom. The molecule has 0 aliphatic heterocycles. The van der Waals surface area contributed by atoms with Gasteiger partial charge >= 0.3 is 5.97 Å². The van der Waals surface area contributed by atoms with E-state index in [0.29, 0.717) is 11.1 Å². The number of aliphatic carboxylic acids is 1. The molecular formula is C15H18N2O3. The minimum absolute atomic E-state index is 0.0892. The molecule has 1 fully saturated rings. The van der Waals surface area contributed by atoms with E-state index in [1.54, 1.807) is 6.07 Å². The lowest BCUT2D eigenvalue weighted by Gasteiger charge is -2.42. The molecule has 106 valence electrons. The molecule has 0 spiro atoms. The van der Waals surface area contributed by atoms with Crippen LogP contribution in [0.3, 0.4) is 0 Å². The highest BCUT2D eigenvalue weighted by Gasteiger charge is 2.36. The number of nitrogens with one attached hydrogen (secondary N) is 1. The molecule has 0 atom stereocenters. The van der Waals surface area contributed by atoms with E-state index in [1.807, 2.05) is 0 Å². The summed E-state index contributed by atoms with van der Waals surface area (Å²) in [5.41, 5.74) is 0.879. The summed E-state index contributed by atoms with van der Waals surface area (Å²) in [6.07, 6.45) is 9.47. The normalized spacial score (nSPS) is 16.6. The van der Waals surface area contributed by atoms with Crippen molar-refractivity contribution in [2.45, 2.75) is 38.1 Å². The Morgan fingerprint density at radius 1 is 1.50 bits per heavy atom. The summed E-state index contributed by atoms with van der Waals surface area (Å²) in [4.78, 5) is 26.9. The molecule has 0 radical (unpaired) electrons. The van der Waals surface area contributed by atoms with Gasteiger partial charge in [0.15, 0.2) is 0 Å². The molecule has 20 heavy (non-hydrogen) atoms. The summed E-state index contributed by atoms with van der Waals surface area (Å²) in [5.74, 6) is -1.22. The van der Waals surface area contributed by atoms with E-state index in [-0.39, 0.29) is 11.4 Å². The minimum atomic E-state index is -1.05. The molecule has 0 bridgehead atoms. The molecule has 1 saturated carbocycles. The van der Waals surface area contributed by atoms with Gasteiger partial charge in [-0.3, -0.25) is 9.78 Å². The van der Waals surface area contributed by atoms with Crippen LogP contribution in [0.5, 0.6) is 0 Å². The van der Waals surface area contributed by atoms with Crippen LogP contribution in [-0.2, 0) is 4.79 Å². The fourth-order valence-corrected chi connectivity index (χ4v) is 2.39. The minimum Gasteiger partial charge on any atom is -0.478 e. The molecule has 0 unspecified atom stereocenters. The van der Waals surface area contributed by atoms with E-state index >= 15 is 0 Å². The van der Waals surface area contributed by atoms with Crippen molar-refractivity contribution in [3.05, 3.63) is 35.7 Å². The Labute approximate surface area is 117 Å². The van der Waals surface area contributed by atoms with Gasteiger partial charge in [0, 0.05) is 35.1 Å². The Morgan fingerprint density at radius 3 is 2.80 bits per heavy atom. The van der Waals surface area contributed by atoms with Crippen molar-refractivity contribution in [2.24, 2.45) is 0 Å². The Kier molecular flexibility index (Phi) is 4.17. The van der Waals surface area contributed by atoms with Gasteiger partial charge in [0.2, 0.25) is 0 Å². The average molecular weight is 274 g/mol. The largest absolute Gasteiger partial charge is 0.478 e. The summed E-state index contributed by atoms with van der Waals surface area (Å²) in [5, 5.41) is 11.7. The first-order chi connectivity index (χ1) is 9.56. The molecule has 2 N–H and O–H groups in total. The second-order valence-electron chi connectivity index (χ2n) is 5.08. The lowest BCUT2D eigenvalue weighted by molar-refractivity contribution is -0.131. The van der Waals surface area contributed by atoms with Gasteiger partial charge in [0.1, 0.15) is 0 Å². The fraction of sp³-hybridized carbons (Fsp3) is 0.400. The van der Waals surface area contributed by atoms with Crippen LogP contribution in [-0.4, -0.2) is 27.5 Å². The second kappa shape index (κ2) is 5.86. The van der Waals surface area contributed by atoms with Gasteiger partial charge < -0.3 is 10.4 Å². The quantitative estimate of drug-likeness (QED) is 0.807. The predicted octanol–water partition coefficient (Wildman–Crippen LogP) is 2.24. The highest BCUT2D eigenvalue weighted by atomic mass is 16.4. The number of hydrogen-bond donors (Lipinski definition) is 2. The zero-order valence-corrected chi connectivity index (χ0v) is 11.4. The molecule has 1 aliphatic rings. The molecule has 0 saturated heterocycles. The molecule has 1 aliphatic carbocycles. The first-order valence-corrected chi connectivity index (χ1v) is 6.74. The van der Waals surface area contributed by atoms with Crippen LogP contribution in [0.15, 0.2) is 24.5 Å².